The lowest BCUT2D eigenvalue weighted by molar-refractivity contribution is -0.137. The van der Waals surface area contributed by atoms with Crippen LogP contribution in [0.1, 0.15) is 44.1 Å². The smallest absolute Gasteiger partial charge is 0.367 e. The molecule has 2 aliphatic rings. The minimum atomic E-state index is -4.74. The number of pyridine rings is 1. The maximum atomic E-state index is 15.1. The summed E-state index contributed by atoms with van der Waals surface area (Å²) in [5, 5.41) is 6.46. The first-order chi connectivity index (χ1) is 18.5. The van der Waals surface area contributed by atoms with Gasteiger partial charge >= 0.3 is 6.18 Å². The molecule has 0 bridgehead atoms. The molecule has 4 heterocycles. The van der Waals surface area contributed by atoms with Crippen molar-refractivity contribution in [3.05, 3.63) is 53.9 Å². The van der Waals surface area contributed by atoms with E-state index in [0.717, 1.165) is 31.4 Å². The fourth-order valence-corrected chi connectivity index (χ4v) is 5.35. The summed E-state index contributed by atoms with van der Waals surface area (Å²) in [6, 6.07) is 6.12. The molecule has 0 unspecified atom stereocenters. The maximum Gasteiger partial charge on any atom is 0.419 e. The molecule has 0 radical (unpaired) electrons. The Kier molecular flexibility index (Phi) is 5.97. The van der Waals surface area contributed by atoms with Gasteiger partial charge in [0.1, 0.15) is 22.7 Å². The van der Waals surface area contributed by atoms with Crippen molar-refractivity contribution in [3.63, 3.8) is 0 Å². The Labute approximate surface area is 222 Å². The van der Waals surface area contributed by atoms with Crippen LogP contribution in [0.25, 0.3) is 22.3 Å². The number of hydrogen-bond donors (Lipinski definition) is 2. The van der Waals surface area contributed by atoms with E-state index in [0.29, 0.717) is 23.4 Å². The molecule has 1 saturated carbocycles. The molecular weight excluding hydrogens is 512 g/mol. The van der Waals surface area contributed by atoms with Crippen LogP contribution in [0.15, 0.2) is 36.7 Å². The number of fused-ring (bicyclic) bond motifs is 1. The van der Waals surface area contributed by atoms with Gasteiger partial charge in [0.05, 0.1) is 23.1 Å². The molecule has 6 rings (SSSR count). The third-order valence-electron chi connectivity index (χ3n) is 7.39. The average molecular weight is 541 g/mol. The van der Waals surface area contributed by atoms with Crippen molar-refractivity contribution in [2.45, 2.75) is 51.4 Å². The van der Waals surface area contributed by atoms with Crippen LogP contribution in [0.3, 0.4) is 0 Å². The number of aryl methyl sites for hydroxylation is 1. The van der Waals surface area contributed by atoms with E-state index in [9.17, 15) is 13.2 Å². The second-order valence-electron chi connectivity index (χ2n) is 10.6. The molecule has 8 nitrogen and oxygen atoms in total. The lowest BCUT2D eigenvalue weighted by atomic mass is 10.1. The fraction of sp³-hybridized carbons (Fsp3) is 0.407. The van der Waals surface area contributed by atoms with Crippen LogP contribution >= 0.6 is 0 Å². The van der Waals surface area contributed by atoms with Gasteiger partial charge in [-0.05, 0) is 57.9 Å². The maximum absolute atomic E-state index is 15.1. The first-order valence-corrected chi connectivity index (χ1v) is 12.9. The molecule has 12 heteroatoms. The fourth-order valence-electron chi connectivity index (χ4n) is 5.35. The minimum absolute atomic E-state index is 0.0180. The number of nitrogens with one attached hydrogen (secondary N) is 2. The summed E-state index contributed by atoms with van der Waals surface area (Å²) < 4.78 is 58.8. The molecule has 0 atom stereocenters. The van der Waals surface area contributed by atoms with E-state index in [1.807, 2.05) is 19.9 Å². The van der Waals surface area contributed by atoms with Crippen molar-refractivity contribution in [3.8, 4) is 11.3 Å². The lowest BCUT2D eigenvalue weighted by Gasteiger charge is -2.35. The van der Waals surface area contributed by atoms with E-state index in [-0.39, 0.29) is 28.6 Å². The van der Waals surface area contributed by atoms with Crippen LogP contribution in [0.2, 0.25) is 0 Å². The van der Waals surface area contributed by atoms with E-state index < -0.39 is 23.3 Å². The highest BCUT2D eigenvalue weighted by atomic mass is 19.4. The van der Waals surface area contributed by atoms with Crippen molar-refractivity contribution >= 4 is 28.5 Å². The van der Waals surface area contributed by atoms with Crippen LogP contribution in [0.5, 0.6) is 0 Å². The lowest BCUT2D eigenvalue weighted by Crippen LogP contribution is -2.52. The van der Waals surface area contributed by atoms with Crippen LogP contribution < -0.4 is 15.5 Å². The van der Waals surface area contributed by atoms with E-state index in [2.05, 4.69) is 35.5 Å². The zero-order valence-corrected chi connectivity index (χ0v) is 21.8. The second-order valence-corrected chi connectivity index (χ2v) is 10.6. The molecule has 4 aromatic rings. The molecule has 2 N–H and O–H groups in total. The second kappa shape index (κ2) is 9.15. The summed E-state index contributed by atoms with van der Waals surface area (Å²) in [6.45, 7) is 8.23. The number of rotatable bonds is 5. The van der Waals surface area contributed by atoms with Crippen LogP contribution in [0.4, 0.5) is 35.0 Å². The van der Waals surface area contributed by atoms with E-state index >= 15 is 4.39 Å². The monoisotopic (exact) mass is 540 g/mol. The number of nitrogens with zero attached hydrogens (tertiary/aromatic N) is 6. The Bertz CT molecular complexity index is 1540. The van der Waals surface area contributed by atoms with Crippen molar-refractivity contribution in [2.24, 2.45) is 0 Å². The summed E-state index contributed by atoms with van der Waals surface area (Å²) in [4.78, 5) is 19.0. The number of halogens is 4. The Morgan fingerprint density at radius 1 is 1.08 bits per heavy atom. The Morgan fingerprint density at radius 2 is 1.87 bits per heavy atom. The number of hydrogen-bond acceptors (Lipinski definition) is 7. The molecule has 1 aliphatic carbocycles. The van der Waals surface area contributed by atoms with Gasteiger partial charge in [0.25, 0.3) is 0 Å². The third-order valence-corrected chi connectivity index (χ3v) is 7.39. The predicted molar refractivity (Wildman–Crippen MR) is 141 cm³/mol. The highest BCUT2D eigenvalue weighted by Crippen LogP contribution is 2.40. The molecule has 39 heavy (non-hydrogen) atoms. The van der Waals surface area contributed by atoms with Crippen LogP contribution in [0, 0.1) is 12.7 Å². The summed E-state index contributed by atoms with van der Waals surface area (Å²) in [5.41, 5.74) is 0.188. The summed E-state index contributed by atoms with van der Waals surface area (Å²) >= 11 is 0. The Morgan fingerprint density at radius 3 is 2.54 bits per heavy atom. The Hall–Kier alpha value is -3.80. The molecule has 204 valence electrons. The third kappa shape index (κ3) is 4.77. The van der Waals surface area contributed by atoms with E-state index in [1.54, 1.807) is 23.8 Å². The van der Waals surface area contributed by atoms with Gasteiger partial charge in [-0.2, -0.15) is 13.2 Å². The molecule has 1 saturated heterocycles. The summed E-state index contributed by atoms with van der Waals surface area (Å²) in [6.07, 6.45) is 0.0336. The predicted octanol–water partition coefficient (Wildman–Crippen LogP) is 5.62. The molecule has 1 aliphatic heterocycles. The number of piperazine rings is 1. The van der Waals surface area contributed by atoms with Crippen LogP contribution in [-0.4, -0.2) is 49.7 Å². The SMILES string of the molecule is Cc1nc2c(F)cc(-c3nc(Nc4ccc(N5CCNC6(CC6)C5)cn4)ncc3C(F)(F)F)cc2n1C(C)C. The zero-order valence-electron chi connectivity index (χ0n) is 21.8. The summed E-state index contributed by atoms with van der Waals surface area (Å²) in [5.74, 6) is 0.159. The quantitative estimate of drug-likeness (QED) is 0.318. The first-order valence-electron chi connectivity index (χ1n) is 12.9. The zero-order chi connectivity index (χ0) is 27.5. The van der Waals surface area contributed by atoms with Gasteiger partial charge in [0.15, 0.2) is 5.82 Å². The Balaban J connectivity index is 1.34. The van der Waals surface area contributed by atoms with Gasteiger partial charge in [0.2, 0.25) is 5.95 Å². The molecule has 1 aromatic carbocycles. The van der Waals surface area contributed by atoms with E-state index in [4.69, 9.17) is 0 Å². The topological polar surface area (TPSA) is 83.8 Å². The summed E-state index contributed by atoms with van der Waals surface area (Å²) in [7, 11) is 0. The van der Waals surface area contributed by atoms with Gasteiger partial charge in [-0.15, -0.1) is 0 Å². The molecular formula is C27H28F4N8. The van der Waals surface area contributed by atoms with Gasteiger partial charge in [0, 0.05) is 43.0 Å². The highest BCUT2D eigenvalue weighted by molar-refractivity contribution is 5.83. The van der Waals surface area contributed by atoms with Crippen molar-refractivity contribution < 1.29 is 17.6 Å². The highest BCUT2D eigenvalue weighted by Gasteiger charge is 2.45. The van der Waals surface area contributed by atoms with Crippen molar-refractivity contribution in [1.29, 1.82) is 0 Å². The first kappa shape index (κ1) is 25.5. The van der Waals surface area contributed by atoms with Crippen LogP contribution in [-0.2, 0) is 6.18 Å². The molecule has 0 amide bonds. The molecule has 3 aromatic heterocycles. The number of anilines is 3. The number of imidazole rings is 1. The number of alkyl halides is 3. The van der Waals surface area contributed by atoms with Crippen molar-refractivity contribution in [2.75, 3.05) is 29.9 Å². The standard InChI is InChI=1S/C27H28F4N8/c1-15(2)39-16(3)35-24-20(28)10-17(11-21(24)39)23-19(27(29,30)31)13-33-25(37-23)36-22-5-4-18(12-32-22)38-9-8-34-26(14-38)6-7-26/h4-5,10-13,15,34H,6-9,14H2,1-3H3,(H,32,33,36,37). The van der Waals surface area contributed by atoms with Gasteiger partial charge in [-0.1, -0.05) is 0 Å². The van der Waals surface area contributed by atoms with Crippen molar-refractivity contribution in [1.82, 2.24) is 29.8 Å². The normalized spacial score (nSPS) is 16.9. The number of benzene rings is 1. The largest absolute Gasteiger partial charge is 0.419 e. The van der Waals surface area contributed by atoms with Gasteiger partial charge < -0.3 is 20.1 Å². The van der Waals surface area contributed by atoms with Gasteiger partial charge in [-0.25, -0.2) is 24.3 Å². The molecule has 1 spiro atoms. The minimum Gasteiger partial charge on any atom is -0.367 e. The van der Waals surface area contributed by atoms with E-state index in [1.165, 1.54) is 18.9 Å². The molecule has 2 fully saturated rings. The van der Waals surface area contributed by atoms with Gasteiger partial charge in [-0.3, -0.25) is 0 Å². The average Bonchev–Trinajstić information content (AvgIpc) is 3.53. The number of aromatic nitrogens is 5.